The first-order chi connectivity index (χ1) is 9.60. The van der Waals surface area contributed by atoms with Gasteiger partial charge in [-0.05, 0) is 73.0 Å². The number of nitrogens with one attached hydrogen (secondary N) is 1. The quantitative estimate of drug-likeness (QED) is 0.805. The van der Waals surface area contributed by atoms with E-state index in [0.717, 1.165) is 25.9 Å². The minimum absolute atomic E-state index is 0.184. The van der Waals surface area contributed by atoms with Gasteiger partial charge in [-0.25, -0.2) is 4.79 Å². The number of hydrogen-bond acceptors (Lipinski definition) is 3. The highest BCUT2D eigenvalue weighted by molar-refractivity contribution is 14.1. The summed E-state index contributed by atoms with van der Waals surface area (Å²) in [5, 5.41) is 3.59. The number of piperidine rings is 1. The van der Waals surface area contributed by atoms with Crippen LogP contribution in [0.15, 0.2) is 18.2 Å². The predicted molar refractivity (Wildman–Crippen MR) is 89.1 cm³/mol. The van der Waals surface area contributed by atoms with Gasteiger partial charge in [-0.1, -0.05) is 0 Å². The lowest BCUT2D eigenvalue weighted by Crippen LogP contribution is -2.42. The van der Waals surface area contributed by atoms with Crippen molar-refractivity contribution in [2.45, 2.75) is 32.7 Å². The number of likely N-dealkylation sites (tertiary alicyclic amines) is 1. The van der Waals surface area contributed by atoms with Crippen LogP contribution in [-0.4, -0.2) is 36.7 Å². The van der Waals surface area contributed by atoms with Crippen molar-refractivity contribution >= 4 is 34.4 Å². The summed E-state index contributed by atoms with van der Waals surface area (Å²) in [4.78, 5) is 13.4. The molecule has 1 aliphatic heterocycles. The molecule has 0 radical (unpaired) electrons. The number of carbonyl (C=O) groups is 1. The van der Waals surface area contributed by atoms with Crippen molar-refractivity contribution in [3.05, 3.63) is 27.3 Å². The molecule has 0 saturated carbocycles. The normalized spacial score (nSPS) is 16.1. The third kappa shape index (κ3) is 4.01. The lowest BCUT2D eigenvalue weighted by molar-refractivity contribution is 0.0983. The Morgan fingerprint density at radius 3 is 2.75 bits per heavy atom. The summed E-state index contributed by atoms with van der Waals surface area (Å²) in [5.74, 6) is 0. The molecule has 1 N–H and O–H groups in total. The molecule has 4 nitrogen and oxygen atoms in total. The van der Waals surface area contributed by atoms with Crippen LogP contribution >= 0.6 is 22.6 Å². The van der Waals surface area contributed by atoms with E-state index in [2.05, 4.69) is 53.0 Å². The Morgan fingerprint density at radius 2 is 2.15 bits per heavy atom. The second-order valence-corrected chi connectivity index (χ2v) is 6.31. The average Bonchev–Trinajstić information content (AvgIpc) is 2.43. The number of benzene rings is 1. The van der Waals surface area contributed by atoms with E-state index in [-0.39, 0.29) is 6.09 Å². The van der Waals surface area contributed by atoms with Crippen LogP contribution in [0.5, 0.6) is 0 Å². The Kier molecular flexibility index (Phi) is 5.51. The number of ether oxygens (including phenoxy) is 1. The summed E-state index contributed by atoms with van der Waals surface area (Å²) in [7, 11) is 0. The van der Waals surface area contributed by atoms with Crippen LogP contribution in [0.25, 0.3) is 0 Å². The van der Waals surface area contributed by atoms with Gasteiger partial charge < -0.3 is 15.0 Å². The maximum atomic E-state index is 11.6. The summed E-state index contributed by atoms with van der Waals surface area (Å²) in [6, 6.07) is 6.86. The molecule has 1 aromatic carbocycles. The number of aryl methyl sites for hydroxylation is 1. The summed E-state index contributed by atoms with van der Waals surface area (Å²) in [5.41, 5.74) is 2.46. The summed E-state index contributed by atoms with van der Waals surface area (Å²) >= 11 is 2.32. The van der Waals surface area contributed by atoms with Crippen LogP contribution in [0.4, 0.5) is 10.5 Å². The van der Waals surface area contributed by atoms with Crippen molar-refractivity contribution in [1.82, 2.24) is 4.90 Å². The van der Waals surface area contributed by atoms with E-state index in [9.17, 15) is 4.79 Å². The van der Waals surface area contributed by atoms with Crippen LogP contribution in [0, 0.1) is 10.5 Å². The molecule has 20 heavy (non-hydrogen) atoms. The first kappa shape index (κ1) is 15.4. The monoisotopic (exact) mass is 388 g/mol. The zero-order valence-electron chi connectivity index (χ0n) is 12.0. The predicted octanol–water partition coefficient (Wildman–Crippen LogP) is 3.63. The van der Waals surface area contributed by atoms with E-state index in [1.165, 1.54) is 14.8 Å². The highest BCUT2D eigenvalue weighted by Gasteiger charge is 2.23. The molecule has 0 spiro atoms. The number of anilines is 1. The van der Waals surface area contributed by atoms with E-state index >= 15 is 0 Å². The molecule has 0 aromatic heterocycles. The number of halogens is 1. The smallest absolute Gasteiger partial charge is 0.409 e. The fraction of sp³-hybridized carbons (Fsp3) is 0.533. The molecule has 5 heteroatoms. The standard InChI is InChI=1S/C15H21IN2O2/c1-3-20-15(19)18-8-6-13(7-9-18)17-14-5-4-12(16)10-11(14)2/h4-5,10,13,17H,3,6-9H2,1-2H3. The Bertz CT molecular complexity index is 471. The van der Waals surface area contributed by atoms with E-state index in [0.29, 0.717) is 12.6 Å². The summed E-state index contributed by atoms with van der Waals surface area (Å²) in [6.07, 6.45) is 1.74. The molecule has 1 aliphatic rings. The Hall–Kier alpha value is -0.980. The molecule has 2 rings (SSSR count). The topological polar surface area (TPSA) is 41.6 Å². The van der Waals surface area contributed by atoms with Crippen LogP contribution < -0.4 is 5.32 Å². The highest BCUT2D eigenvalue weighted by atomic mass is 127. The third-order valence-corrected chi connectivity index (χ3v) is 4.24. The van der Waals surface area contributed by atoms with Crippen molar-refractivity contribution in [2.75, 3.05) is 25.0 Å². The van der Waals surface area contributed by atoms with Gasteiger partial charge in [-0.2, -0.15) is 0 Å². The highest BCUT2D eigenvalue weighted by Crippen LogP contribution is 2.22. The van der Waals surface area contributed by atoms with Crippen LogP contribution in [-0.2, 0) is 4.74 Å². The summed E-state index contributed by atoms with van der Waals surface area (Å²) in [6.45, 7) is 5.93. The van der Waals surface area contributed by atoms with Gasteiger partial charge in [0.1, 0.15) is 0 Å². The number of carbonyl (C=O) groups excluding carboxylic acids is 1. The second kappa shape index (κ2) is 7.15. The number of rotatable bonds is 3. The second-order valence-electron chi connectivity index (χ2n) is 5.06. The number of hydrogen-bond donors (Lipinski definition) is 1. The minimum atomic E-state index is -0.184. The molecule has 0 aliphatic carbocycles. The molecule has 1 fully saturated rings. The lowest BCUT2D eigenvalue weighted by atomic mass is 10.0. The van der Waals surface area contributed by atoms with Gasteiger partial charge in [0.15, 0.2) is 0 Å². The van der Waals surface area contributed by atoms with Gasteiger partial charge >= 0.3 is 6.09 Å². The van der Waals surface area contributed by atoms with E-state index in [4.69, 9.17) is 4.74 Å². The average molecular weight is 388 g/mol. The molecule has 1 amide bonds. The molecular formula is C15H21IN2O2. The van der Waals surface area contributed by atoms with E-state index < -0.39 is 0 Å². The van der Waals surface area contributed by atoms with Crippen molar-refractivity contribution in [2.24, 2.45) is 0 Å². The third-order valence-electron chi connectivity index (χ3n) is 3.57. The zero-order chi connectivity index (χ0) is 14.5. The van der Waals surface area contributed by atoms with Crippen molar-refractivity contribution < 1.29 is 9.53 Å². The molecule has 1 heterocycles. The largest absolute Gasteiger partial charge is 0.450 e. The van der Waals surface area contributed by atoms with Crippen molar-refractivity contribution in [1.29, 1.82) is 0 Å². The van der Waals surface area contributed by atoms with Crippen LogP contribution in [0.2, 0.25) is 0 Å². The van der Waals surface area contributed by atoms with Gasteiger partial charge in [0.2, 0.25) is 0 Å². The fourth-order valence-corrected chi connectivity index (χ4v) is 3.08. The van der Waals surface area contributed by atoms with Gasteiger partial charge in [0, 0.05) is 28.4 Å². The Labute approximate surface area is 134 Å². The molecule has 1 aromatic rings. The summed E-state index contributed by atoms with van der Waals surface area (Å²) < 4.78 is 6.29. The maximum Gasteiger partial charge on any atom is 0.409 e. The first-order valence-corrected chi connectivity index (χ1v) is 8.12. The molecule has 110 valence electrons. The minimum Gasteiger partial charge on any atom is -0.450 e. The van der Waals surface area contributed by atoms with Crippen molar-refractivity contribution in [3.63, 3.8) is 0 Å². The van der Waals surface area contributed by atoms with Crippen LogP contribution in [0.3, 0.4) is 0 Å². The van der Waals surface area contributed by atoms with E-state index in [1.807, 2.05) is 6.92 Å². The van der Waals surface area contributed by atoms with Gasteiger partial charge in [-0.15, -0.1) is 0 Å². The molecule has 0 atom stereocenters. The zero-order valence-corrected chi connectivity index (χ0v) is 14.1. The van der Waals surface area contributed by atoms with Gasteiger partial charge in [0.25, 0.3) is 0 Å². The van der Waals surface area contributed by atoms with Crippen molar-refractivity contribution in [3.8, 4) is 0 Å². The molecule has 0 bridgehead atoms. The van der Waals surface area contributed by atoms with Gasteiger partial charge in [-0.3, -0.25) is 0 Å². The SMILES string of the molecule is CCOC(=O)N1CCC(Nc2ccc(I)cc2C)CC1. The number of nitrogens with zero attached hydrogens (tertiary/aromatic N) is 1. The molecule has 1 saturated heterocycles. The Morgan fingerprint density at radius 1 is 1.45 bits per heavy atom. The fourth-order valence-electron chi connectivity index (χ4n) is 2.43. The lowest BCUT2D eigenvalue weighted by Gasteiger charge is -2.32. The Balaban J connectivity index is 1.86. The number of amides is 1. The van der Waals surface area contributed by atoms with E-state index in [1.54, 1.807) is 4.90 Å². The molecular weight excluding hydrogens is 367 g/mol. The maximum absolute atomic E-state index is 11.6. The molecule has 0 unspecified atom stereocenters. The van der Waals surface area contributed by atoms with Crippen LogP contribution in [0.1, 0.15) is 25.3 Å². The van der Waals surface area contributed by atoms with Gasteiger partial charge in [0.05, 0.1) is 6.61 Å². The first-order valence-electron chi connectivity index (χ1n) is 7.04.